The number of aliphatic hydroxyl groups excluding tert-OH is 2. The summed E-state index contributed by atoms with van der Waals surface area (Å²) in [6, 6.07) is 25.2. The van der Waals surface area contributed by atoms with Crippen molar-refractivity contribution >= 4 is 11.8 Å². The summed E-state index contributed by atoms with van der Waals surface area (Å²) < 4.78 is 13.0. The fraction of sp³-hybridized carbons (Fsp3) is 0.459. The average molecular weight is 648 g/mol. The molecule has 5 atom stereocenters. The predicted molar refractivity (Wildman–Crippen MR) is 178 cm³/mol. The Kier molecular flexibility index (Phi) is 14.4. The van der Waals surface area contributed by atoms with Gasteiger partial charge in [-0.3, -0.25) is 19.7 Å². The molecule has 0 bridgehead atoms. The van der Waals surface area contributed by atoms with E-state index in [1.165, 1.54) is 0 Å². The van der Waals surface area contributed by atoms with Gasteiger partial charge in [0.1, 0.15) is 0 Å². The van der Waals surface area contributed by atoms with E-state index in [4.69, 9.17) is 14.7 Å². The molecule has 0 saturated carbocycles. The number of hydrogen-bond acceptors (Lipinski definition) is 8. The number of rotatable bonds is 17. The van der Waals surface area contributed by atoms with Crippen molar-refractivity contribution in [3.05, 3.63) is 107 Å². The number of carbonyl (C=O) groups is 2. The minimum absolute atomic E-state index is 0.0187. The second kappa shape index (κ2) is 18.6. The number of ether oxygens (including phenoxy) is 2. The van der Waals surface area contributed by atoms with Crippen LogP contribution in [0.4, 0.5) is 0 Å². The van der Waals surface area contributed by atoms with Crippen LogP contribution in [0, 0.1) is 0 Å². The van der Waals surface area contributed by atoms with Gasteiger partial charge in [-0.1, -0.05) is 91.7 Å². The Bertz CT molecular complexity index is 1370. The maximum Gasteiger partial charge on any atom is 0.243 e. The number of hydroxylamine groups is 1. The number of likely N-dealkylation sites (N-methyl/N-ethyl adjacent to an activating group) is 1. The van der Waals surface area contributed by atoms with E-state index in [-0.39, 0.29) is 43.1 Å². The van der Waals surface area contributed by atoms with E-state index >= 15 is 0 Å². The fourth-order valence-electron chi connectivity index (χ4n) is 5.75. The van der Waals surface area contributed by atoms with Crippen molar-refractivity contribution in [3.8, 4) is 0 Å². The Balaban J connectivity index is 1.34. The van der Waals surface area contributed by atoms with Crippen molar-refractivity contribution in [2.45, 2.75) is 95.7 Å². The molecule has 1 aliphatic heterocycles. The number of nitrogens with zero attached hydrogens (tertiary/aromatic N) is 1. The number of amides is 2. The summed E-state index contributed by atoms with van der Waals surface area (Å²) >= 11 is 0. The summed E-state index contributed by atoms with van der Waals surface area (Å²) in [6.07, 6.45) is 2.80. The molecule has 0 radical (unpaired) electrons. The molecule has 1 aliphatic rings. The van der Waals surface area contributed by atoms with Gasteiger partial charge in [-0.2, -0.15) is 0 Å². The third-order valence-corrected chi connectivity index (χ3v) is 8.82. The number of nitrogens with one attached hydrogen (secondary N) is 2. The van der Waals surface area contributed by atoms with Crippen LogP contribution in [0.5, 0.6) is 0 Å². The number of hydrogen-bond donors (Lipinski definition) is 5. The van der Waals surface area contributed by atoms with E-state index in [1.807, 2.05) is 92.8 Å². The van der Waals surface area contributed by atoms with Gasteiger partial charge in [0.05, 0.1) is 24.9 Å². The number of carbonyl (C=O) groups excluding carboxylic acids is 2. The molecule has 10 heteroatoms. The summed E-state index contributed by atoms with van der Waals surface area (Å²) in [4.78, 5) is 25.5. The monoisotopic (exact) mass is 647 g/mol. The molecule has 0 aromatic heterocycles. The molecule has 1 fully saturated rings. The SMILES string of the molecule is CC(C(O)c1ccccc1)N(C)CC1CC(c2ccc(CO)cc2)OC(c2ccc(CNC(=O)CCCCCCC(=O)NO)cc2)O1. The van der Waals surface area contributed by atoms with Gasteiger partial charge >= 0.3 is 0 Å². The molecule has 5 N–H and O–H groups in total. The molecule has 3 aromatic rings. The third kappa shape index (κ3) is 11.2. The van der Waals surface area contributed by atoms with Gasteiger partial charge in [0.25, 0.3) is 0 Å². The van der Waals surface area contributed by atoms with Crippen LogP contribution in [0.15, 0.2) is 78.9 Å². The molecule has 4 rings (SSSR count). The summed E-state index contributed by atoms with van der Waals surface area (Å²) in [5, 5.41) is 32.0. The molecule has 0 spiro atoms. The van der Waals surface area contributed by atoms with Crippen molar-refractivity contribution in [2.24, 2.45) is 0 Å². The van der Waals surface area contributed by atoms with E-state index in [0.29, 0.717) is 32.4 Å². The Morgan fingerprint density at radius 1 is 0.851 bits per heavy atom. The molecule has 1 saturated heterocycles. The van der Waals surface area contributed by atoms with E-state index in [0.717, 1.165) is 47.1 Å². The van der Waals surface area contributed by atoms with Gasteiger partial charge in [0.15, 0.2) is 6.29 Å². The fourth-order valence-corrected chi connectivity index (χ4v) is 5.75. The Hall–Kier alpha value is -3.64. The molecular weight excluding hydrogens is 598 g/mol. The van der Waals surface area contributed by atoms with Crippen molar-refractivity contribution in [2.75, 3.05) is 13.6 Å². The van der Waals surface area contributed by atoms with Gasteiger partial charge in [-0.15, -0.1) is 0 Å². The molecule has 0 aliphatic carbocycles. The van der Waals surface area contributed by atoms with Gasteiger partial charge in [0, 0.05) is 44.0 Å². The summed E-state index contributed by atoms with van der Waals surface area (Å²) in [5.74, 6) is -0.407. The van der Waals surface area contributed by atoms with Crippen LogP contribution < -0.4 is 10.8 Å². The highest BCUT2D eigenvalue weighted by molar-refractivity contribution is 5.75. The second-order valence-corrected chi connectivity index (χ2v) is 12.4. The largest absolute Gasteiger partial charge is 0.392 e. The lowest BCUT2D eigenvalue weighted by Crippen LogP contribution is -2.43. The maximum atomic E-state index is 12.3. The van der Waals surface area contributed by atoms with Crippen LogP contribution in [0.1, 0.15) is 98.2 Å². The minimum atomic E-state index is -0.640. The molecule has 2 amide bonds. The van der Waals surface area contributed by atoms with E-state index in [1.54, 1.807) is 5.48 Å². The van der Waals surface area contributed by atoms with E-state index in [9.17, 15) is 19.8 Å². The number of benzene rings is 3. The minimum Gasteiger partial charge on any atom is -0.392 e. The molecular formula is C37H49N3O7. The van der Waals surface area contributed by atoms with Crippen molar-refractivity contribution in [3.63, 3.8) is 0 Å². The van der Waals surface area contributed by atoms with Crippen LogP contribution in [0.3, 0.4) is 0 Å². The smallest absolute Gasteiger partial charge is 0.243 e. The summed E-state index contributed by atoms with van der Waals surface area (Å²) in [5.41, 5.74) is 6.18. The summed E-state index contributed by atoms with van der Waals surface area (Å²) in [7, 11) is 2.00. The lowest BCUT2D eigenvalue weighted by atomic mass is 9.98. The van der Waals surface area contributed by atoms with Crippen LogP contribution in [-0.4, -0.2) is 57.9 Å². The first kappa shape index (κ1) is 36.2. The maximum absolute atomic E-state index is 12.3. The van der Waals surface area contributed by atoms with Crippen LogP contribution in [-0.2, 0) is 32.2 Å². The van der Waals surface area contributed by atoms with Crippen molar-refractivity contribution < 1.29 is 34.5 Å². The average Bonchev–Trinajstić information content (AvgIpc) is 3.11. The topological polar surface area (TPSA) is 141 Å². The molecule has 254 valence electrons. The lowest BCUT2D eigenvalue weighted by molar-refractivity contribution is -0.253. The van der Waals surface area contributed by atoms with Gasteiger partial charge in [0.2, 0.25) is 11.8 Å². The Morgan fingerprint density at radius 3 is 2.11 bits per heavy atom. The zero-order valence-corrected chi connectivity index (χ0v) is 27.4. The first-order chi connectivity index (χ1) is 22.8. The highest BCUT2D eigenvalue weighted by Crippen LogP contribution is 2.38. The third-order valence-electron chi connectivity index (χ3n) is 8.82. The highest BCUT2D eigenvalue weighted by atomic mass is 16.7. The van der Waals surface area contributed by atoms with Gasteiger partial charge < -0.3 is 25.0 Å². The zero-order chi connectivity index (χ0) is 33.6. The second-order valence-electron chi connectivity index (χ2n) is 12.4. The molecule has 1 heterocycles. The highest BCUT2D eigenvalue weighted by Gasteiger charge is 2.34. The quantitative estimate of drug-likeness (QED) is 0.0762. The zero-order valence-electron chi connectivity index (χ0n) is 27.4. The molecule has 3 aromatic carbocycles. The number of aliphatic hydroxyl groups is 2. The first-order valence-corrected chi connectivity index (χ1v) is 16.5. The Morgan fingerprint density at radius 2 is 1.47 bits per heavy atom. The molecule has 47 heavy (non-hydrogen) atoms. The van der Waals surface area contributed by atoms with E-state index in [2.05, 4.69) is 10.2 Å². The predicted octanol–water partition coefficient (Wildman–Crippen LogP) is 5.24. The normalized spacial score (nSPS) is 19.2. The summed E-state index contributed by atoms with van der Waals surface area (Å²) in [6.45, 7) is 3.00. The van der Waals surface area contributed by atoms with Gasteiger partial charge in [-0.25, -0.2) is 5.48 Å². The first-order valence-electron chi connectivity index (χ1n) is 16.5. The molecule has 5 unspecified atom stereocenters. The van der Waals surface area contributed by atoms with Crippen molar-refractivity contribution in [1.82, 2.24) is 15.7 Å². The van der Waals surface area contributed by atoms with E-state index < -0.39 is 12.4 Å². The van der Waals surface area contributed by atoms with Crippen LogP contribution in [0.2, 0.25) is 0 Å². The molecule has 10 nitrogen and oxygen atoms in total. The van der Waals surface area contributed by atoms with Crippen molar-refractivity contribution in [1.29, 1.82) is 0 Å². The lowest BCUT2D eigenvalue weighted by Gasteiger charge is -2.39. The Labute approximate surface area is 277 Å². The standard InChI is InChI=1S/C37H49N3O7/c1-26(36(44)30-10-6-5-7-11-30)40(2)24-32-22-33(29-18-16-28(25-41)17-19-29)47-37(46-32)31-20-14-27(15-21-31)23-38-34(42)12-8-3-4-9-13-35(43)39-45/h5-7,10-11,14-21,26,32-33,36-37,41,44-45H,3-4,8-9,12-13,22-25H2,1-2H3,(H,38,42)(H,39,43). The van der Waals surface area contributed by atoms with Gasteiger partial charge in [-0.05, 0) is 49.1 Å². The van der Waals surface area contributed by atoms with Crippen LogP contribution in [0.25, 0.3) is 0 Å². The van der Waals surface area contributed by atoms with Crippen LogP contribution >= 0.6 is 0 Å². The number of unbranched alkanes of at least 4 members (excludes halogenated alkanes) is 3.